The molecule has 0 unspecified atom stereocenters. The monoisotopic (exact) mass is 138 g/mol. The minimum atomic E-state index is -4.04. The van der Waals surface area contributed by atoms with Crippen LogP contribution >= 0.6 is 0 Å². The van der Waals surface area contributed by atoms with Gasteiger partial charge in [-0.2, -0.15) is 13.2 Å². The second kappa shape index (κ2) is 3.54. The molecule has 0 aliphatic rings. The van der Waals surface area contributed by atoms with Gasteiger partial charge in [-0.25, -0.2) is 0 Å². The molecule has 0 amide bonds. The summed E-state index contributed by atoms with van der Waals surface area (Å²) in [5.41, 5.74) is 0. The van der Waals surface area contributed by atoms with Crippen molar-refractivity contribution in [2.75, 3.05) is 0 Å². The second-order valence-electron chi connectivity index (χ2n) is 1.70. The topological polar surface area (TPSA) is 0 Å². The van der Waals surface area contributed by atoms with Gasteiger partial charge in [-0.3, -0.25) is 0 Å². The average molecular weight is 138 g/mol. The van der Waals surface area contributed by atoms with Crippen molar-refractivity contribution < 1.29 is 13.2 Å². The van der Waals surface area contributed by atoms with Crippen molar-refractivity contribution in [1.29, 1.82) is 0 Å². The molecule has 0 aliphatic heterocycles. The molecule has 54 valence electrons. The van der Waals surface area contributed by atoms with E-state index < -0.39 is 12.6 Å². The first-order chi connectivity index (χ1) is 4.06. The molecular weight excluding hydrogens is 129 g/mol. The summed E-state index contributed by atoms with van der Waals surface area (Å²) >= 11 is 0. The number of alkyl halides is 3. The summed E-state index contributed by atoms with van der Waals surface area (Å²) < 4.78 is 34.0. The molecule has 0 fully saturated rings. The Morgan fingerprint density at radius 1 is 1.22 bits per heavy atom. The largest absolute Gasteiger partial charge is 0.392 e. The summed E-state index contributed by atoms with van der Waals surface area (Å²) in [6.07, 6.45) is -1.53. The molecule has 0 saturated carbocycles. The molecule has 0 N–H and O–H groups in total. The quantitative estimate of drug-likeness (QED) is 0.514. The lowest BCUT2D eigenvalue weighted by Crippen LogP contribution is -2.03. The Morgan fingerprint density at radius 2 is 1.78 bits per heavy atom. The minimum Gasteiger partial charge on any atom is -0.171 e. The zero-order valence-corrected chi connectivity index (χ0v) is 5.20. The third-order valence-corrected chi connectivity index (χ3v) is 0.752. The third kappa shape index (κ3) is 7.53. The van der Waals surface area contributed by atoms with E-state index >= 15 is 0 Å². The standard InChI is InChI=1S/C6H9F3/c1-2-3-4-5-6(7,8)9/h3-4H,2,5H2,1H3/b4-3-. The highest BCUT2D eigenvalue weighted by Gasteiger charge is 2.24. The molecule has 3 heteroatoms. The molecule has 0 aliphatic carbocycles. The second-order valence-corrected chi connectivity index (χ2v) is 1.70. The Kier molecular flexibility index (Phi) is 3.35. The van der Waals surface area contributed by atoms with Gasteiger partial charge in [-0.1, -0.05) is 19.1 Å². The number of halogens is 3. The predicted molar refractivity (Wildman–Crippen MR) is 30.1 cm³/mol. The fraction of sp³-hybridized carbons (Fsp3) is 0.667. The van der Waals surface area contributed by atoms with Crippen molar-refractivity contribution >= 4 is 0 Å². The maximum Gasteiger partial charge on any atom is 0.392 e. The van der Waals surface area contributed by atoms with E-state index in [-0.39, 0.29) is 0 Å². The summed E-state index contributed by atoms with van der Waals surface area (Å²) in [4.78, 5) is 0. The number of hydrogen-bond acceptors (Lipinski definition) is 0. The first-order valence-electron chi connectivity index (χ1n) is 2.78. The van der Waals surface area contributed by atoms with E-state index in [1.807, 2.05) is 0 Å². The third-order valence-electron chi connectivity index (χ3n) is 0.752. The van der Waals surface area contributed by atoms with Gasteiger partial charge in [0.1, 0.15) is 0 Å². The first kappa shape index (κ1) is 8.53. The Labute approximate surface area is 52.4 Å². The lowest BCUT2D eigenvalue weighted by Gasteiger charge is -1.99. The molecule has 9 heavy (non-hydrogen) atoms. The van der Waals surface area contributed by atoms with Crippen molar-refractivity contribution in [3.63, 3.8) is 0 Å². The number of allylic oxidation sites excluding steroid dienone is 2. The zero-order valence-electron chi connectivity index (χ0n) is 5.20. The van der Waals surface area contributed by atoms with Crippen LogP contribution in [0.3, 0.4) is 0 Å². The fourth-order valence-corrected chi connectivity index (χ4v) is 0.384. The van der Waals surface area contributed by atoms with Crippen LogP contribution in [0.1, 0.15) is 19.8 Å². The van der Waals surface area contributed by atoms with Gasteiger partial charge >= 0.3 is 6.18 Å². The van der Waals surface area contributed by atoms with Crippen LogP contribution in [0.25, 0.3) is 0 Å². The summed E-state index contributed by atoms with van der Waals surface area (Å²) in [6.45, 7) is 1.80. The average Bonchev–Trinajstić information content (AvgIpc) is 1.63. The van der Waals surface area contributed by atoms with E-state index in [2.05, 4.69) is 0 Å². The van der Waals surface area contributed by atoms with Gasteiger partial charge in [0.15, 0.2) is 0 Å². The van der Waals surface area contributed by atoms with Crippen LogP contribution in [0.15, 0.2) is 12.2 Å². The van der Waals surface area contributed by atoms with Gasteiger partial charge in [0.25, 0.3) is 0 Å². The normalized spacial score (nSPS) is 12.9. The molecule has 0 saturated heterocycles. The SMILES string of the molecule is CC/C=C\CC(F)(F)F. The zero-order chi connectivity index (χ0) is 7.33. The van der Waals surface area contributed by atoms with Gasteiger partial charge in [0.05, 0.1) is 6.42 Å². The first-order valence-corrected chi connectivity index (χ1v) is 2.78. The Hall–Kier alpha value is -0.470. The molecule has 0 radical (unpaired) electrons. The molecule has 0 nitrogen and oxygen atoms in total. The summed E-state index contributed by atoms with van der Waals surface area (Å²) in [6, 6.07) is 0. The maximum absolute atomic E-state index is 11.3. The van der Waals surface area contributed by atoms with Crippen LogP contribution < -0.4 is 0 Å². The molecule has 0 atom stereocenters. The molecule has 0 spiro atoms. The summed E-state index contributed by atoms with van der Waals surface area (Å²) in [7, 11) is 0. The maximum atomic E-state index is 11.3. The van der Waals surface area contributed by atoms with Crippen molar-refractivity contribution in [3.8, 4) is 0 Å². The van der Waals surface area contributed by atoms with Crippen LogP contribution in [-0.2, 0) is 0 Å². The minimum absolute atomic E-state index is 0.663. The number of hydrogen-bond donors (Lipinski definition) is 0. The van der Waals surface area contributed by atoms with Crippen LogP contribution in [-0.4, -0.2) is 6.18 Å². The van der Waals surface area contributed by atoms with Crippen LogP contribution in [0, 0.1) is 0 Å². The molecular formula is C6H9F3. The predicted octanol–water partition coefficient (Wildman–Crippen LogP) is 2.91. The highest BCUT2D eigenvalue weighted by atomic mass is 19.4. The Balaban J connectivity index is 3.38. The smallest absolute Gasteiger partial charge is 0.171 e. The summed E-state index contributed by atoms with van der Waals surface area (Å²) in [5, 5.41) is 0. The van der Waals surface area contributed by atoms with Crippen LogP contribution in [0.5, 0.6) is 0 Å². The van der Waals surface area contributed by atoms with Gasteiger partial charge < -0.3 is 0 Å². The summed E-state index contributed by atoms with van der Waals surface area (Å²) in [5.74, 6) is 0. The molecule has 0 aromatic heterocycles. The van der Waals surface area contributed by atoms with Gasteiger partial charge in [-0.15, -0.1) is 0 Å². The van der Waals surface area contributed by atoms with Crippen molar-refractivity contribution in [3.05, 3.63) is 12.2 Å². The van der Waals surface area contributed by atoms with E-state index in [9.17, 15) is 13.2 Å². The molecule has 0 bridgehead atoms. The van der Waals surface area contributed by atoms with Gasteiger partial charge in [0.2, 0.25) is 0 Å². The molecule has 0 heterocycles. The van der Waals surface area contributed by atoms with Crippen molar-refractivity contribution in [2.24, 2.45) is 0 Å². The van der Waals surface area contributed by atoms with Gasteiger partial charge in [0, 0.05) is 0 Å². The molecule has 0 aromatic rings. The van der Waals surface area contributed by atoms with E-state index in [1.165, 1.54) is 6.08 Å². The lowest BCUT2D eigenvalue weighted by atomic mass is 10.3. The highest BCUT2D eigenvalue weighted by Crippen LogP contribution is 2.19. The van der Waals surface area contributed by atoms with Crippen LogP contribution in [0.4, 0.5) is 13.2 Å². The van der Waals surface area contributed by atoms with E-state index in [1.54, 1.807) is 6.92 Å². The molecule has 0 aromatic carbocycles. The Morgan fingerprint density at radius 3 is 2.11 bits per heavy atom. The van der Waals surface area contributed by atoms with E-state index in [0.717, 1.165) is 6.08 Å². The van der Waals surface area contributed by atoms with Crippen molar-refractivity contribution in [2.45, 2.75) is 25.9 Å². The van der Waals surface area contributed by atoms with E-state index in [0.29, 0.717) is 6.42 Å². The number of rotatable bonds is 2. The Bertz CT molecular complexity index is 91.0. The van der Waals surface area contributed by atoms with Gasteiger partial charge in [-0.05, 0) is 6.42 Å². The van der Waals surface area contributed by atoms with Crippen LogP contribution in [0.2, 0.25) is 0 Å². The fourth-order valence-electron chi connectivity index (χ4n) is 0.384. The van der Waals surface area contributed by atoms with E-state index in [4.69, 9.17) is 0 Å². The molecule has 0 rings (SSSR count). The lowest BCUT2D eigenvalue weighted by molar-refractivity contribution is -0.125. The highest BCUT2D eigenvalue weighted by molar-refractivity contribution is 4.82. The van der Waals surface area contributed by atoms with Crippen molar-refractivity contribution in [1.82, 2.24) is 0 Å².